The molecule has 10 nitrogen and oxygen atoms in total. The molecule has 0 spiro atoms. The number of aliphatic hydroxyl groups is 4. The van der Waals surface area contributed by atoms with Crippen LogP contribution in [0.1, 0.15) is 110 Å². The number of aliphatic hydroxyl groups excluding tert-OH is 4. The molecule has 1 aliphatic heterocycles. The molecule has 1 heterocycles. The zero-order valence-electron chi connectivity index (χ0n) is 24.6. The lowest BCUT2D eigenvalue weighted by Gasteiger charge is -2.38. The van der Waals surface area contributed by atoms with Gasteiger partial charge in [-0.15, -0.1) is 0 Å². The van der Waals surface area contributed by atoms with Crippen molar-refractivity contribution < 1.29 is 46.7 Å². The Hall–Kier alpha value is -1.47. The van der Waals surface area contributed by atoms with Gasteiger partial charge in [0.15, 0.2) is 11.5 Å². The molecular weight excluding hydrogens is 552 g/mol. The van der Waals surface area contributed by atoms with Crippen LogP contribution in [-0.4, -0.2) is 72.8 Å². The van der Waals surface area contributed by atoms with Gasteiger partial charge in [0.1, 0.15) is 24.4 Å². The first-order valence-corrected chi connectivity index (χ1v) is 16.8. The predicted molar refractivity (Wildman–Crippen MR) is 156 cm³/mol. The van der Waals surface area contributed by atoms with E-state index in [0.717, 1.165) is 19.3 Å². The summed E-state index contributed by atoms with van der Waals surface area (Å²) in [4.78, 5) is 0. The Labute approximate surface area is 246 Å². The first-order valence-electron chi connectivity index (χ1n) is 15.4. The van der Waals surface area contributed by atoms with Crippen molar-refractivity contribution in [1.82, 2.24) is 0 Å². The zero-order chi connectivity index (χ0) is 29.9. The highest BCUT2D eigenvalue weighted by Crippen LogP contribution is 2.30. The number of ether oxygens (including phenoxy) is 2. The van der Waals surface area contributed by atoms with Gasteiger partial charge in [-0.05, 0) is 18.6 Å². The van der Waals surface area contributed by atoms with Crippen LogP contribution in [0.25, 0.3) is 0 Å². The number of unbranched alkanes of at least 4 members (excludes halogenated alkanes) is 15. The molecule has 0 aliphatic carbocycles. The van der Waals surface area contributed by atoms with Crippen molar-refractivity contribution in [2.45, 2.75) is 140 Å². The maximum absolute atomic E-state index is 12.5. The summed E-state index contributed by atoms with van der Waals surface area (Å²) >= 11 is 0. The number of hydrogen-bond acceptors (Lipinski definition) is 10. The Kier molecular flexibility index (Phi) is 17.8. The Morgan fingerprint density at radius 2 is 1.20 bits per heavy atom. The van der Waals surface area contributed by atoms with Gasteiger partial charge in [-0.25, -0.2) is 4.18 Å². The van der Waals surface area contributed by atoms with Crippen molar-refractivity contribution in [3.63, 3.8) is 0 Å². The molecule has 0 bridgehead atoms. The third-order valence-electron chi connectivity index (χ3n) is 7.36. The van der Waals surface area contributed by atoms with Gasteiger partial charge < -0.3 is 34.1 Å². The highest BCUT2D eigenvalue weighted by Gasteiger charge is 2.46. The van der Waals surface area contributed by atoms with Gasteiger partial charge in [-0.3, -0.25) is 0 Å². The minimum atomic E-state index is -4.76. The molecule has 1 aromatic rings. The Morgan fingerprint density at radius 1 is 0.707 bits per heavy atom. The monoisotopic (exact) mass is 604 g/mol. The average Bonchev–Trinajstić information content (AvgIpc) is 2.95. The van der Waals surface area contributed by atoms with E-state index in [1.54, 1.807) is 18.2 Å². The number of benzene rings is 1. The molecule has 2 rings (SSSR count). The van der Waals surface area contributed by atoms with E-state index < -0.39 is 47.7 Å². The lowest BCUT2D eigenvalue weighted by atomic mass is 10.00. The summed E-state index contributed by atoms with van der Waals surface area (Å²) < 4.78 is 45.6. The van der Waals surface area contributed by atoms with Crippen molar-refractivity contribution in [1.29, 1.82) is 0 Å². The molecule has 1 saturated heterocycles. The van der Waals surface area contributed by atoms with E-state index in [0.29, 0.717) is 6.61 Å². The van der Waals surface area contributed by atoms with Crippen molar-refractivity contribution in [2.75, 3.05) is 13.2 Å². The second-order valence-corrected chi connectivity index (χ2v) is 12.1. The van der Waals surface area contributed by atoms with Crippen molar-refractivity contribution >= 4 is 10.4 Å². The van der Waals surface area contributed by atoms with Crippen LogP contribution >= 0.6 is 0 Å². The van der Waals surface area contributed by atoms with Crippen LogP contribution in [0.5, 0.6) is 11.5 Å². The fourth-order valence-corrected chi connectivity index (χ4v) is 5.65. The van der Waals surface area contributed by atoms with Gasteiger partial charge >= 0.3 is 10.4 Å². The summed E-state index contributed by atoms with van der Waals surface area (Å²) in [6, 6.07) is 6.23. The van der Waals surface area contributed by atoms with E-state index in [9.17, 15) is 28.8 Å². The lowest BCUT2D eigenvalue weighted by molar-refractivity contribution is -0.277. The molecule has 4 N–H and O–H groups in total. The lowest BCUT2D eigenvalue weighted by Crippen LogP contribution is -2.59. The molecule has 0 saturated carbocycles. The van der Waals surface area contributed by atoms with Crippen molar-refractivity contribution in [3.8, 4) is 11.5 Å². The summed E-state index contributed by atoms with van der Waals surface area (Å²) in [5, 5.41) is 39.0. The summed E-state index contributed by atoms with van der Waals surface area (Å²) in [5.74, 6) is 0.114. The van der Waals surface area contributed by atoms with E-state index in [-0.39, 0.29) is 11.5 Å². The maximum Gasteiger partial charge on any atom is 0.451 e. The highest BCUT2D eigenvalue weighted by atomic mass is 32.3. The second-order valence-electron chi connectivity index (χ2n) is 10.9. The molecule has 1 fully saturated rings. The molecule has 1 aliphatic rings. The minimum Gasteiger partial charge on any atom is -0.490 e. The van der Waals surface area contributed by atoms with Gasteiger partial charge in [0.25, 0.3) is 0 Å². The van der Waals surface area contributed by atoms with Crippen LogP contribution in [0.3, 0.4) is 0 Å². The predicted octanol–water partition coefficient (Wildman–Crippen LogP) is 4.77. The second kappa shape index (κ2) is 20.4. The van der Waals surface area contributed by atoms with Crippen LogP contribution in [0.2, 0.25) is 0 Å². The third kappa shape index (κ3) is 14.0. The Morgan fingerprint density at radius 3 is 1.71 bits per heavy atom. The average molecular weight is 605 g/mol. The first kappa shape index (κ1) is 35.7. The SMILES string of the molecule is CCCCCCCCCCCCCCCCCCOc1ccccc1OS(=O)(=O)O[C@@H]1O[C@H](CO)[C@H](O)[C@H](O)[C@H]1O. The van der Waals surface area contributed by atoms with E-state index in [2.05, 4.69) is 6.92 Å². The fraction of sp³-hybridized carbons (Fsp3) is 0.800. The summed E-state index contributed by atoms with van der Waals surface area (Å²) in [6.45, 7) is 1.93. The Bertz CT molecular complexity index is 910. The van der Waals surface area contributed by atoms with E-state index >= 15 is 0 Å². The van der Waals surface area contributed by atoms with Crippen LogP contribution < -0.4 is 8.92 Å². The van der Waals surface area contributed by atoms with E-state index in [1.807, 2.05) is 0 Å². The molecule has 0 radical (unpaired) electrons. The zero-order valence-corrected chi connectivity index (χ0v) is 25.4. The van der Waals surface area contributed by atoms with Crippen molar-refractivity contribution in [2.24, 2.45) is 0 Å². The molecule has 5 atom stereocenters. The van der Waals surface area contributed by atoms with E-state index in [1.165, 1.54) is 89.5 Å². The Balaban J connectivity index is 1.59. The smallest absolute Gasteiger partial charge is 0.451 e. The van der Waals surface area contributed by atoms with Gasteiger partial charge in [-0.1, -0.05) is 115 Å². The van der Waals surface area contributed by atoms with Gasteiger partial charge in [0, 0.05) is 0 Å². The minimum absolute atomic E-state index is 0.103. The molecule has 0 unspecified atom stereocenters. The number of rotatable bonds is 23. The van der Waals surface area contributed by atoms with Gasteiger partial charge in [0.2, 0.25) is 6.29 Å². The highest BCUT2D eigenvalue weighted by molar-refractivity contribution is 7.82. The summed E-state index contributed by atoms with van der Waals surface area (Å²) in [5.41, 5.74) is 0. The summed E-state index contributed by atoms with van der Waals surface area (Å²) in [6.07, 6.45) is 11.8. The normalized spacial score (nSPS) is 23.0. The number of para-hydroxylation sites is 2. The molecule has 41 heavy (non-hydrogen) atoms. The largest absolute Gasteiger partial charge is 0.490 e. The topological polar surface area (TPSA) is 152 Å². The van der Waals surface area contributed by atoms with Crippen LogP contribution in [0.15, 0.2) is 24.3 Å². The first-order chi connectivity index (χ1) is 19.8. The quantitative estimate of drug-likeness (QED) is 0.129. The molecular formula is C30H52O10S. The fourth-order valence-electron chi connectivity index (χ4n) is 4.86. The summed E-state index contributed by atoms with van der Waals surface area (Å²) in [7, 11) is -4.76. The van der Waals surface area contributed by atoms with E-state index in [4.69, 9.17) is 17.8 Å². The van der Waals surface area contributed by atoms with Crippen molar-refractivity contribution in [3.05, 3.63) is 24.3 Å². The molecule has 0 aromatic heterocycles. The molecule has 238 valence electrons. The third-order valence-corrected chi connectivity index (χ3v) is 8.17. The van der Waals surface area contributed by atoms with Gasteiger partial charge in [-0.2, -0.15) is 8.42 Å². The molecule has 0 amide bonds. The van der Waals surface area contributed by atoms with Crippen LogP contribution in [-0.2, 0) is 19.3 Å². The standard InChI is InChI=1S/C30H52O10S/c1-2-3-4-5-6-7-8-9-10-11-12-13-14-15-16-19-22-37-24-20-17-18-21-25(24)39-41(35,36)40-30-29(34)28(33)27(32)26(23-31)38-30/h17-18,20-21,26-34H,2-16,19,22-23H2,1H3/t26-,27+,28+,29-,30+/m1/s1. The molecule has 1 aromatic carbocycles. The van der Waals surface area contributed by atoms with Crippen LogP contribution in [0.4, 0.5) is 0 Å². The van der Waals surface area contributed by atoms with Gasteiger partial charge in [0.05, 0.1) is 13.2 Å². The molecule has 11 heteroatoms. The van der Waals surface area contributed by atoms with Crippen LogP contribution in [0, 0.1) is 0 Å². The maximum atomic E-state index is 12.5. The number of hydrogen-bond donors (Lipinski definition) is 4.